The molecule has 2 aliphatic heterocycles. The molecule has 2 aromatic heterocycles. The zero-order valence-electron chi connectivity index (χ0n) is 28.8. The van der Waals surface area contributed by atoms with Crippen molar-refractivity contribution in [3.8, 4) is 22.9 Å². The Labute approximate surface area is 313 Å². The Balaban J connectivity index is 0.00000348. The summed E-state index contributed by atoms with van der Waals surface area (Å²) in [4.78, 5) is 17.2. The van der Waals surface area contributed by atoms with Crippen LogP contribution in [0.4, 0.5) is 17.2 Å². The van der Waals surface area contributed by atoms with Crippen LogP contribution in [0.15, 0.2) is 114 Å². The molecule has 1 spiro atoms. The van der Waals surface area contributed by atoms with E-state index in [0.29, 0.717) is 11.6 Å². The second-order valence-corrected chi connectivity index (χ2v) is 15.4. The number of nitrogens with zero attached hydrogens (tertiary/aromatic N) is 4. The Morgan fingerprint density at radius 1 is 0.804 bits per heavy atom. The number of aromatic nitrogens is 2. The van der Waals surface area contributed by atoms with E-state index in [1.54, 1.807) is 0 Å². The van der Waals surface area contributed by atoms with E-state index < -0.39 is 0 Å². The van der Waals surface area contributed by atoms with Gasteiger partial charge in [-0.2, -0.15) is 6.07 Å². The van der Waals surface area contributed by atoms with Gasteiger partial charge >= 0.3 is 21.1 Å². The van der Waals surface area contributed by atoms with Crippen molar-refractivity contribution in [3.63, 3.8) is 0 Å². The van der Waals surface area contributed by atoms with Crippen LogP contribution in [-0.2, 0) is 52.2 Å². The van der Waals surface area contributed by atoms with Gasteiger partial charge in [-0.15, -0.1) is 52.6 Å². The molecule has 1 atom stereocenters. The van der Waals surface area contributed by atoms with Crippen LogP contribution in [0.5, 0.6) is 11.6 Å². The van der Waals surface area contributed by atoms with E-state index in [9.17, 15) is 0 Å². The molecule has 0 radical (unpaired) electrons. The molecule has 0 saturated carbocycles. The van der Waals surface area contributed by atoms with Crippen molar-refractivity contribution in [1.29, 1.82) is 0 Å². The van der Waals surface area contributed by atoms with Gasteiger partial charge in [0.2, 0.25) is 5.88 Å². The van der Waals surface area contributed by atoms with Crippen LogP contribution < -0.4 is 9.64 Å². The molecular weight excluding hydrogens is 808 g/mol. The van der Waals surface area contributed by atoms with Gasteiger partial charge in [-0.3, -0.25) is 4.98 Å². The molecule has 6 aromatic rings. The molecule has 0 saturated heterocycles. The van der Waals surface area contributed by atoms with Crippen LogP contribution in [0.3, 0.4) is 0 Å². The van der Waals surface area contributed by atoms with E-state index in [4.69, 9.17) is 19.7 Å². The average Bonchev–Trinajstić information content (AvgIpc) is 3.86. The molecule has 4 heterocycles. The maximum Gasteiger partial charge on any atom is 2.00 e. The number of hydrogen-bond acceptors (Lipinski definition) is 5. The zero-order valence-corrected chi connectivity index (χ0v) is 31.1. The first-order chi connectivity index (χ1) is 24.3. The number of pyridine rings is 2. The molecule has 4 aliphatic rings. The number of ether oxygens (including phenoxy) is 1. The molecule has 51 heavy (non-hydrogen) atoms. The van der Waals surface area contributed by atoms with E-state index in [1.165, 1.54) is 33.4 Å². The van der Waals surface area contributed by atoms with Gasteiger partial charge in [0.1, 0.15) is 11.7 Å². The molecule has 1 unspecified atom stereocenters. The van der Waals surface area contributed by atoms with E-state index in [0.717, 1.165) is 65.5 Å². The van der Waals surface area contributed by atoms with E-state index >= 15 is 0 Å². The Hall–Kier alpha value is -4.86. The number of hydrogen-bond donors (Lipinski definition) is 0. The van der Waals surface area contributed by atoms with Crippen molar-refractivity contribution < 1.29 is 25.8 Å². The average molecular weight is 844 g/mol. The summed E-state index contributed by atoms with van der Waals surface area (Å²) in [5.41, 5.74) is 13.5. The fourth-order valence-electron chi connectivity index (χ4n) is 8.71. The van der Waals surface area contributed by atoms with E-state index in [1.807, 2.05) is 30.5 Å². The normalized spacial score (nSPS) is 17.3. The monoisotopic (exact) mass is 843 g/mol. The zero-order chi connectivity index (χ0) is 33.6. The molecule has 0 N–H and O–H groups in total. The van der Waals surface area contributed by atoms with Gasteiger partial charge in [0.15, 0.2) is 0 Å². The van der Waals surface area contributed by atoms with Crippen molar-refractivity contribution in [3.05, 3.63) is 160 Å². The van der Waals surface area contributed by atoms with Crippen LogP contribution in [0, 0.1) is 17.5 Å². The van der Waals surface area contributed by atoms with Gasteiger partial charge in [-0.05, 0) is 82.3 Å². The number of aliphatic imine (C=N–C) groups is 1. The number of benzene rings is 4. The third-order valence-corrected chi connectivity index (χ3v) is 11.0. The second kappa shape index (κ2) is 11.9. The van der Waals surface area contributed by atoms with Gasteiger partial charge in [0.25, 0.3) is 0 Å². The minimum Gasteiger partial charge on any atom is -0.466 e. The molecule has 5 nitrogen and oxygen atoms in total. The maximum absolute atomic E-state index is 6.51. The molecule has 0 amide bonds. The molecule has 10 rings (SSSR count). The van der Waals surface area contributed by atoms with Crippen LogP contribution in [0.2, 0.25) is 0 Å². The number of amidine groups is 1. The fraction of sp³-hybridized carbons (Fsp3) is 0.222. The van der Waals surface area contributed by atoms with E-state index in [2.05, 4.69) is 117 Å². The van der Waals surface area contributed by atoms with Crippen molar-refractivity contribution >= 4 is 23.0 Å². The SMILES string of the molecule is CC(C)(C)c1ccnc(N2C3=Nc4ccccc4C3c3ccc(Oc4cccc(-c5[c-]ccc6c5CC5(Cc7ccccc7C5)C6)n4)[c-]c32)c1.[Pt+2]. The first kappa shape index (κ1) is 32.1. The summed E-state index contributed by atoms with van der Waals surface area (Å²) >= 11 is 0. The fourth-order valence-corrected chi connectivity index (χ4v) is 8.71. The predicted molar refractivity (Wildman–Crippen MR) is 198 cm³/mol. The largest absolute Gasteiger partial charge is 2.00 e. The van der Waals surface area contributed by atoms with Gasteiger partial charge in [-0.25, -0.2) is 9.98 Å². The molecule has 6 heteroatoms. The first-order valence-electron chi connectivity index (χ1n) is 17.6. The van der Waals surface area contributed by atoms with Crippen molar-refractivity contribution in [2.24, 2.45) is 10.4 Å². The number of anilines is 2. The summed E-state index contributed by atoms with van der Waals surface area (Å²) < 4.78 is 6.51. The summed E-state index contributed by atoms with van der Waals surface area (Å²) in [5.74, 6) is 2.93. The minimum absolute atomic E-state index is 0. The summed E-state index contributed by atoms with van der Waals surface area (Å²) in [6.07, 6.45) is 6.30. The van der Waals surface area contributed by atoms with Crippen LogP contribution in [0.1, 0.15) is 65.6 Å². The molecule has 252 valence electrons. The predicted octanol–water partition coefficient (Wildman–Crippen LogP) is 10.0. The van der Waals surface area contributed by atoms with Gasteiger partial charge in [0.05, 0.1) is 5.69 Å². The molecule has 2 aliphatic carbocycles. The van der Waals surface area contributed by atoms with Gasteiger partial charge < -0.3 is 9.64 Å². The summed E-state index contributed by atoms with van der Waals surface area (Å²) in [7, 11) is 0. The van der Waals surface area contributed by atoms with Crippen LogP contribution >= 0.6 is 0 Å². The summed E-state index contributed by atoms with van der Waals surface area (Å²) in [6.45, 7) is 6.67. The minimum atomic E-state index is -0.0234. The van der Waals surface area contributed by atoms with Crippen molar-refractivity contribution in [2.45, 2.75) is 57.8 Å². The van der Waals surface area contributed by atoms with Gasteiger partial charge in [-0.1, -0.05) is 87.5 Å². The third kappa shape index (κ3) is 5.28. The Bertz CT molecular complexity index is 2370. The van der Waals surface area contributed by atoms with Gasteiger partial charge in [0, 0.05) is 17.9 Å². The van der Waals surface area contributed by atoms with Crippen LogP contribution in [0.25, 0.3) is 11.3 Å². The topological polar surface area (TPSA) is 50.6 Å². The maximum atomic E-state index is 6.51. The first-order valence-corrected chi connectivity index (χ1v) is 17.6. The number of rotatable bonds is 4. The standard InChI is InChI=1S/C45H36N4O.Pt/c1-44(2,3)31-20-21-46-40(22-31)49-39-23-32(18-19-35(39)42-34-13-6-7-15-38(34)48-43(42)49)50-41-17-9-16-37(47-41)33-14-8-12-30-26-45(27-36(30)33)24-28-10-4-5-11-29(28)25-45;/h4-13,15-22,42H,24-27H2,1-3H3;/q-2;+2. The third-order valence-electron chi connectivity index (χ3n) is 11.0. The van der Waals surface area contributed by atoms with Crippen LogP contribution in [-0.4, -0.2) is 15.8 Å². The number of para-hydroxylation sites is 1. The van der Waals surface area contributed by atoms with E-state index in [-0.39, 0.29) is 37.8 Å². The smallest absolute Gasteiger partial charge is 0.466 e. The molecule has 0 fully saturated rings. The Morgan fingerprint density at radius 2 is 1.59 bits per heavy atom. The van der Waals surface area contributed by atoms with Crippen molar-refractivity contribution in [2.75, 3.05) is 4.90 Å². The Kier molecular flexibility index (Phi) is 7.45. The molecule has 0 bridgehead atoms. The molecular formula is C45H36N4OPt. The molecule has 4 aromatic carbocycles. The summed E-state index contributed by atoms with van der Waals surface area (Å²) in [5, 5.41) is 0. The van der Waals surface area contributed by atoms with Crippen molar-refractivity contribution in [1.82, 2.24) is 9.97 Å². The number of fused-ring (bicyclic) bond motifs is 7. The quantitative estimate of drug-likeness (QED) is 0.166. The summed E-state index contributed by atoms with van der Waals surface area (Å²) in [6, 6.07) is 43.3. The second-order valence-electron chi connectivity index (χ2n) is 15.4. The Morgan fingerprint density at radius 3 is 2.41 bits per heavy atom.